The number of carbonyl (C=O) groups excluding carboxylic acids is 3. The summed E-state index contributed by atoms with van der Waals surface area (Å²) < 4.78 is 5.32. The molecule has 0 saturated heterocycles. The molecule has 0 aliphatic carbocycles. The molecule has 10 nitrogen and oxygen atoms in total. The Kier molecular flexibility index (Phi) is 6.02. The van der Waals surface area contributed by atoms with Crippen LogP contribution < -0.4 is 10.6 Å². The number of anilines is 2. The van der Waals surface area contributed by atoms with Crippen molar-refractivity contribution in [1.82, 2.24) is 15.1 Å². The van der Waals surface area contributed by atoms with Crippen LogP contribution >= 0.6 is 0 Å². The predicted octanol–water partition coefficient (Wildman–Crippen LogP) is 2.66. The maximum Gasteiger partial charge on any atom is 0.274 e. The number of benzene rings is 2. The highest BCUT2D eigenvalue weighted by atomic mass is 16.5. The molecule has 3 aromatic rings. The van der Waals surface area contributed by atoms with Gasteiger partial charge in [0.05, 0.1) is 0 Å². The smallest absolute Gasteiger partial charge is 0.274 e. The van der Waals surface area contributed by atoms with Crippen molar-refractivity contribution in [2.45, 2.75) is 19.8 Å². The summed E-state index contributed by atoms with van der Waals surface area (Å²) in [5, 5.41) is 14.7. The molecular formula is C22H20N6O4. The van der Waals surface area contributed by atoms with E-state index >= 15 is 0 Å². The average Bonchev–Trinajstić information content (AvgIpc) is 3.27. The fraction of sp³-hybridized carbons (Fsp3) is 0.182. The second-order valence-corrected chi connectivity index (χ2v) is 7.09. The van der Waals surface area contributed by atoms with E-state index in [0.29, 0.717) is 29.3 Å². The molecule has 0 radical (unpaired) electrons. The van der Waals surface area contributed by atoms with E-state index in [2.05, 4.69) is 25.9 Å². The normalized spacial score (nSPS) is 13.5. The highest BCUT2D eigenvalue weighted by molar-refractivity contribution is 6.02. The third kappa shape index (κ3) is 5.04. The second-order valence-electron chi connectivity index (χ2n) is 7.09. The number of rotatable bonds is 6. The Labute approximate surface area is 183 Å². The highest BCUT2D eigenvalue weighted by Crippen LogP contribution is 2.19. The Morgan fingerprint density at radius 2 is 1.69 bits per heavy atom. The molecular weight excluding hydrogens is 412 g/mol. The zero-order valence-electron chi connectivity index (χ0n) is 17.2. The van der Waals surface area contributed by atoms with Crippen LogP contribution in [-0.4, -0.2) is 45.1 Å². The van der Waals surface area contributed by atoms with Crippen molar-refractivity contribution in [1.29, 1.82) is 0 Å². The summed E-state index contributed by atoms with van der Waals surface area (Å²) in [5.41, 5.74) is 2.40. The Bertz CT molecular complexity index is 1170. The molecule has 0 bridgehead atoms. The molecule has 1 aliphatic rings. The lowest BCUT2D eigenvalue weighted by Gasteiger charge is -2.21. The Morgan fingerprint density at radius 3 is 2.38 bits per heavy atom. The van der Waals surface area contributed by atoms with Gasteiger partial charge < -0.3 is 15.2 Å². The topological polar surface area (TPSA) is 130 Å². The molecule has 2 aromatic carbocycles. The number of aromatic nitrogens is 2. The van der Waals surface area contributed by atoms with Crippen molar-refractivity contribution >= 4 is 34.8 Å². The maximum atomic E-state index is 12.4. The van der Waals surface area contributed by atoms with E-state index in [4.69, 9.17) is 4.52 Å². The summed E-state index contributed by atoms with van der Waals surface area (Å²) in [5.74, 6) is -0.224. The first kappa shape index (κ1) is 20.9. The monoisotopic (exact) mass is 432 g/mol. The van der Waals surface area contributed by atoms with Crippen LogP contribution in [0.2, 0.25) is 0 Å². The molecule has 2 N–H and O–H groups in total. The van der Waals surface area contributed by atoms with Gasteiger partial charge in [-0.2, -0.15) is 10.1 Å². The van der Waals surface area contributed by atoms with Gasteiger partial charge in [0.2, 0.25) is 23.5 Å². The van der Waals surface area contributed by atoms with Gasteiger partial charge in [-0.3, -0.25) is 14.4 Å². The average molecular weight is 432 g/mol. The van der Waals surface area contributed by atoms with E-state index < -0.39 is 5.91 Å². The van der Waals surface area contributed by atoms with Gasteiger partial charge >= 0.3 is 0 Å². The minimum absolute atomic E-state index is 0.181. The first-order valence-electron chi connectivity index (χ1n) is 9.93. The second kappa shape index (κ2) is 9.21. The third-order valence-corrected chi connectivity index (χ3v) is 4.59. The Hall–Kier alpha value is -4.34. The number of hydrogen-bond acceptors (Lipinski definition) is 7. The van der Waals surface area contributed by atoms with Crippen LogP contribution in [0.5, 0.6) is 0 Å². The first-order chi connectivity index (χ1) is 15.5. The van der Waals surface area contributed by atoms with Crippen molar-refractivity contribution in [3.8, 4) is 11.4 Å². The van der Waals surface area contributed by atoms with Gasteiger partial charge in [0.1, 0.15) is 12.3 Å². The van der Waals surface area contributed by atoms with Crippen LogP contribution in [0.25, 0.3) is 11.4 Å². The number of nitrogens with zero attached hydrogens (tertiary/aromatic N) is 4. The van der Waals surface area contributed by atoms with Crippen molar-refractivity contribution < 1.29 is 18.9 Å². The van der Waals surface area contributed by atoms with Crippen LogP contribution in [0, 0.1) is 0 Å². The van der Waals surface area contributed by atoms with E-state index in [1.165, 1.54) is 6.92 Å². The van der Waals surface area contributed by atoms with Crippen LogP contribution in [0.4, 0.5) is 11.4 Å². The number of carbonyl (C=O) groups is 3. The molecule has 3 amide bonds. The number of hydrazone groups is 1. The van der Waals surface area contributed by atoms with Gasteiger partial charge in [-0.05, 0) is 24.3 Å². The van der Waals surface area contributed by atoms with E-state index in [-0.39, 0.29) is 30.7 Å². The summed E-state index contributed by atoms with van der Waals surface area (Å²) in [6.07, 6.45) is 0.526. The lowest BCUT2D eigenvalue weighted by molar-refractivity contribution is -0.135. The molecule has 0 fully saturated rings. The molecule has 0 spiro atoms. The predicted molar refractivity (Wildman–Crippen MR) is 117 cm³/mol. The largest absolute Gasteiger partial charge is 0.332 e. The number of hydrogen-bond donors (Lipinski definition) is 2. The first-order valence-corrected chi connectivity index (χ1v) is 9.93. The molecule has 0 atom stereocenters. The fourth-order valence-corrected chi connectivity index (χ4v) is 3.10. The molecule has 1 aromatic heterocycles. The third-order valence-electron chi connectivity index (χ3n) is 4.59. The molecule has 2 heterocycles. The number of nitrogens with one attached hydrogen (secondary N) is 2. The standard InChI is InChI=1S/C22H20N6O4/c1-14(29)23-16-7-9-17(10-8-16)24-19(30)13-28-20(31)12-11-18(26-28)22-25-21(27-32-22)15-5-3-2-4-6-15/h2-10H,11-13H2,1H3,(H,23,29)(H,24,30). The lowest BCUT2D eigenvalue weighted by Crippen LogP contribution is -2.38. The Balaban J connectivity index is 1.42. The van der Waals surface area contributed by atoms with E-state index in [0.717, 1.165) is 10.6 Å². The van der Waals surface area contributed by atoms with E-state index in [9.17, 15) is 14.4 Å². The van der Waals surface area contributed by atoms with Gasteiger partial charge in [0.15, 0.2) is 0 Å². The summed E-state index contributed by atoms with van der Waals surface area (Å²) in [4.78, 5) is 40.1. The zero-order chi connectivity index (χ0) is 22.5. The molecule has 162 valence electrons. The molecule has 32 heavy (non-hydrogen) atoms. The van der Waals surface area contributed by atoms with Gasteiger partial charge in [0, 0.05) is 36.7 Å². The fourth-order valence-electron chi connectivity index (χ4n) is 3.10. The maximum absolute atomic E-state index is 12.4. The molecule has 0 saturated carbocycles. The minimum atomic E-state index is -0.411. The summed E-state index contributed by atoms with van der Waals surface area (Å²) in [7, 11) is 0. The summed E-state index contributed by atoms with van der Waals surface area (Å²) >= 11 is 0. The molecule has 10 heteroatoms. The van der Waals surface area contributed by atoms with Crippen molar-refractivity contribution in [3.05, 3.63) is 60.5 Å². The lowest BCUT2D eigenvalue weighted by atomic mass is 10.1. The minimum Gasteiger partial charge on any atom is -0.332 e. The summed E-state index contributed by atoms with van der Waals surface area (Å²) in [6.45, 7) is 1.16. The molecule has 1 aliphatic heterocycles. The molecule has 4 rings (SSSR count). The quantitative estimate of drug-likeness (QED) is 0.616. The highest BCUT2D eigenvalue weighted by Gasteiger charge is 2.26. The van der Waals surface area contributed by atoms with Gasteiger partial charge in [0.25, 0.3) is 5.89 Å². The number of amides is 3. The summed E-state index contributed by atoms with van der Waals surface area (Å²) in [6, 6.07) is 16.0. The van der Waals surface area contributed by atoms with Crippen molar-refractivity contribution in [3.63, 3.8) is 0 Å². The Morgan fingerprint density at radius 1 is 1.00 bits per heavy atom. The van der Waals surface area contributed by atoms with Crippen LogP contribution in [0.1, 0.15) is 25.7 Å². The molecule has 0 unspecified atom stereocenters. The van der Waals surface area contributed by atoms with Gasteiger partial charge in [-0.1, -0.05) is 35.5 Å². The van der Waals surface area contributed by atoms with Crippen LogP contribution in [0.15, 0.2) is 64.2 Å². The van der Waals surface area contributed by atoms with Crippen molar-refractivity contribution in [2.75, 3.05) is 17.2 Å². The van der Waals surface area contributed by atoms with Gasteiger partial charge in [-0.25, -0.2) is 5.01 Å². The van der Waals surface area contributed by atoms with E-state index in [1.54, 1.807) is 24.3 Å². The van der Waals surface area contributed by atoms with Crippen molar-refractivity contribution in [2.24, 2.45) is 5.10 Å². The van der Waals surface area contributed by atoms with Crippen LogP contribution in [-0.2, 0) is 14.4 Å². The van der Waals surface area contributed by atoms with E-state index in [1.807, 2.05) is 30.3 Å². The van der Waals surface area contributed by atoms with Gasteiger partial charge in [-0.15, -0.1) is 0 Å². The zero-order valence-corrected chi connectivity index (χ0v) is 17.2. The van der Waals surface area contributed by atoms with Crippen LogP contribution in [0.3, 0.4) is 0 Å². The SMILES string of the molecule is CC(=O)Nc1ccc(NC(=O)CN2N=C(c3nc(-c4ccccc4)no3)CCC2=O)cc1.